The summed E-state index contributed by atoms with van der Waals surface area (Å²) in [5, 5.41) is 0. The van der Waals surface area contributed by atoms with E-state index in [1.165, 1.54) is 0 Å². The molecule has 1 aliphatic rings. The van der Waals surface area contributed by atoms with Crippen molar-refractivity contribution in [3.63, 3.8) is 0 Å². The third-order valence-corrected chi connectivity index (χ3v) is 3.10. The van der Waals surface area contributed by atoms with Gasteiger partial charge in [0.05, 0.1) is 25.4 Å². The van der Waals surface area contributed by atoms with E-state index in [0.717, 1.165) is 6.42 Å². The Balaban J connectivity index is 2.00. The van der Waals surface area contributed by atoms with Crippen LogP contribution in [0.1, 0.15) is 34.1 Å². The van der Waals surface area contributed by atoms with E-state index in [1.807, 2.05) is 6.92 Å². The van der Waals surface area contributed by atoms with Crippen molar-refractivity contribution in [1.82, 2.24) is 4.90 Å². The fourth-order valence-electron chi connectivity index (χ4n) is 1.98. The average molecular weight is 277 g/mol. The van der Waals surface area contributed by atoms with E-state index in [4.69, 9.17) is 9.47 Å². The fourth-order valence-corrected chi connectivity index (χ4v) is 1.98. The minimum absolute atomic E-state index is 0.0261. The van der Waals surface area contributed by atoms with Crippen LogP contribution in [0.15, 0.2) is 24.3 Å². The average Bonchev–Trinajstić information content (AvgIpc) is 2.53. The van der Waals surface area contributed by atoms with Crippen molar-refractivity contribution in [2.75, 3.05) is 32.9 Å². The zero-order valence-corrected chi connectivity index (χ0v) is 11.6. The first-order valence-corrected chi connectivity index (χ1v) is 6.86. The molecule has 0 aromatic heterocycles. The molecule has 0 spiro atoms. The molecule has 0 radical (unpaired) electrons. The molecule has 0 atom stereocenters. The van der Waals surface area contributed by atoms with Gasteiger partial charge in [-0.1, -0.05) is 6.92 Å². The van der Waals surface area contributed by atoms with Crippen LogP contribution >= 0.6 is 0 Å². The molecule has 1 heterocycles. The van der Waals surface area contributed by atoms with Crippen molar-refractivity contribution in [3.8, 4) is 0 Å². The largest absolute Gasteiger partial charge is 0.462 e. The second-order valence-electron chi connectivity index (χ2n) is 4.62. The highest BCUT2D eigenvalue weighted by Gasteiger charge is 2.18. The Hall–Kier alpha value is -1.88. The molecule has 0 unspecified atom stereocenters. The maximum atomic E-state index is 12.2. The van der Waals surface area contributed by atoms with Gasteiger partial charge in [0, 0.05) is 18.7 Å². The molecule has 1 saturated heterocycles. The fraction of sp³-hybridized carbons (Fsp3) is 0.467. The lowest BCUT2D eigenvalue weighted by Gasteiger charge is -2.26. The number of rotatable bonds is 4. The third kappa shape index (κ3) is 3.57. The highest BCUT2D eigenvalue weighted by molar-refractivity contribution is 5.96. The van der Waals surface area contributed by atoms with Crippen LogP contribution in [0.3, 0.4) is 0 Å². The van der Waals surface area contributed by atoms with Crippen molar-refractivity contribution in [1.29, 1.82) is 0 Å². The van der Waals surface area contributed by atoms with Gasteiger partial charge in [0.25, 0.3) is 5.91 Å². The van der Waals surface area contributed by atoms with Crippen molar-refractivity contribution in [3.05, 3.63) is 35.4 Å². The molecule has 5 nitrogen and oxygen atoms in total. The summed E-state index contributed by atoms with van der Waals surface area (Å²) >= 11 is 0. The summed E-state index contributed by atoms with van der Waals surface area (Å²) in [7, 11) is 0. The smallest absolute Gasteiger partial charge is 0.338 e. The Morgan fingerprint density at radius 2 is 1.75 bits per heavy atom. The van der Waals surface area contributed by atoms with E-state index in [2.05, 4.69) is 0 Å². The molecule has 1 aliphatic heterocycles. The Morgan fingerprint density at radius 3 is 2.35 bits per heavy atom. The number of morpholine rings is 1. The van der Waals surface area contributed by atoms with Crippen LogP contribution in [0.25, 0.3) is 0 Å². The number of carbonyl (C=O) groups is 2. The predicted molar refractivity (Wildman–Crippen MR) is 73.7 cm³/mol. The first-order valence-electron chi connectivity index (χ1n) is 6.86. The van der Waals surface area contributed by atoms with Crippen molar-refractivity contribution < 1.29 is 19.1 Å². The van der Waals surface area contributed by atoms with Gasteiger partial charge in [0.2, 0.25) is 0 Å². The van der Waals surface area contributed by atoms with Gasteiger partial charge >= 0.3 is 5.97 Å². The standard InChI is InChI=1S/C15H19NO4/c1-2-9-20-15(18)13-5-3-12(4-6-13)14(17)16-7-10-19-11-8-16/h3-6H,2,7-11H2,1H3. The Morgan fingerprint density at radius 1 is 1.15 bits per heavy atom. The maximum Gasteiger partial charge on any atom is 0.338 e. The van der Waals surface area contributed by atoms with E-state index in [0.29, 0.717) is 44.0 Å². The first-order chi connectivity index (χ1) is 9.72. The van der Waals surface area contributed by atoms with E-state index in [9.17, 15) is 9.59 Å². The lowest BCUT2D eigenvalue weighted by atomic mass is 10.1. The Labute approximate surface area is 118 Å². The topological polar surface area (TPSA) is 55.8 Å². The zero-order valence-electron chi connectivity index (χ0n) is 11.6. The molecule has 20 heavy (non-hydrogen) atoms. The van der Waals surface area contributed by atoms with Gasteiger partial charge < -0.3 is 14.4 Å². The van der Waals surface area contributed by atoms with Crippen LogP contribution in [0.4, 0.5) is 0 Å². The van der Waals surface area contributed by atoms with Gasteiger partial charge in [0.1, 0.15) is 0 Å². The van der Waals surface area contributed by atoms with Crippen molar-refractivity contribution >= 4 is 11.9 Å². The molecule has 5 heteroatoms. The molecule has 2 rings (SSSR count). The van der Waals surface area contributed by atoms with Gasteiger partial charge in [0.15, 0.2) is 0 Å². The SMILES string of the molecule is CCCOC(=O)c1ccc(C(=O)N2CCOCC2)cc1. The summed E-state index contributed by atoms with van der Waals surface area (Å²) in [6.07, 6.45) is 0.791. The van der Waals surface area contributed by atoms with Gasteiger partial charge in [-0.15, -0.1) is 0 Å². The third-order valence-electron chi connectivity index (χ3n) is 3.10. The monoisotopic (exact) mass is 277 g/mol. The van der Waals surface area contributed by atoms with E-state index >= 15 is 0 Å². The predicted octanol–water partition coefficient (Wildman–Crippen LogP) is 1.73. The minimum Gasteiger partial charge on any atom is -0.462 e. The molecular weight excluding hydrogens is 258 g/mol. The lowest BCUT2D eigenvalue weighted by Crippen LogP contribution is -2.40. The second kappa shape index (κ2) is 7.05. The van der Waals surface area contributed by atoms with Crippen LogP contribution in [-0.4, -0.2) is 49.7 Å². The summed E-state index contributed by atoms with van der Waals surface area (Å²) in [4.78, 5) is 25.6. The summed E-state index contributed by atoms with van der Waals surface area (Å²) < 4.78 is 10.3. The van der Waals surface area contributed by atoms with Gasteiger partial charge in [-0.25, -0.2) is 4.79 Å². The van der Waals surface area contributed by atoms with Crippen molar-refractivity contribution in [2.45, 2.75) is 13.3 Å². The van der Waals surface area contributed by atoms with Crippen LogP contribution in [0.2, 0.25) is 0 Å². The second-order valence-corrected chi connectivity index (χ2v) is 4.62. The molecule has 1 aromatic rings. The molecule has 0 bridgehead atoms. The Bertz CT molecular complexity index is 463. The minimum atomic E-state index is -0.350. The summed E-state index contributed by atoms with van der Waals surface area (Å²) in [6, 6.07) is 6.60. The molecule has 0 saturated carbocycles. The Kier molecular flexibility index (Phi) is 5.12. The molecule has 0 N–H and O–H groups in total. The molecule has 1 aromatic carbocycles. The van der Waals surface area contributed by atoms with Crippen LogP contribution < -0.4 is 0 Å². The van der Waals surface area contributed by atoms with Gasteiger partial charge in [-0.2, -0.15) is 0 Å². The van der Waals surface area contributed by atoms with Crippen LogP contribution in [0, 0.1) is 0 Å². The van der Waals surface area contributed by atoms with Gasteiger partial charge in [-0.05, 0) is 30.7 Å². The maximum absolute atomic E-state index is 12.2. The highest BCUT2D eigenvalue weighted by atomic mass is 16.5. The number of amides is 1. The normalized spacial score (nSPS) is 14.9. The van der Waals surface area contributed by atoms with Crippen LogP contribution in [0.5, 0.6) is 0 Å². The molecule has 0 aliphatic carbocycles. The van der Waals surface area contributed by atoms with Crippen LogP contribution in [-0.2, 0) is 9.47 Å². The number of hydrogen-bond donors (Lipinski definition) is 0. The van der Waals surface area contributed by atoms with E-state index in [1.54, 1.807) is 29.2 Å². The number of benzene rings is 1. The number of ether oxygens (including phenoxy) is 2. The molecule has 108 valence electrons. The van der Waals surface area contributed by atoms with Gasteiger partial charge in [-0.3, -0.25) is 4.79 Å². The molecule has 1 amide bonds. The van der Waals surface area contributed by atoms with E-state index < -0.39 is 0 Å². The van der Waals surface area contributed by atoms with E-state index in [-0.39, 0.29) is 11.9 Å². The van der Waals surface area contributed by atoms with Crippen molar-refractivity contribution in [2.24, 2.45) is 0 Å². The molecular formula is C15H19NO4. The number of nitrogens with zero attached hydrogens (tertiary/aromatic N) is 1. The zero-order chi connectivity index (χ0) is 14.4. The lowest BCUT2D eigenvalue weighted by molar-refractivity contribution is 0.0302. The summed E-state index contributed by atoms with van der Waals surface area (Å²) in [5.41, 5.74) is 1.05. The summed E-state index contributed by atoms with van der Waals surface area (Å²) in [6.45, 7) is 4.73. The summed E-state index contributed by atoms with van der Waals surface area (Å²) in [5.74, 6) is -0.376. The number of carbonyl (C=O) groups excluding carboxylic acids is 2. The first kappa shape index (κ1) is 14.5. The number of esters is 1. The highest BCUT2D eigenvalue weighted by Crippen LogP contribution is 2.10. The quantitative estimate of drug-likeness (QED) is 0.786. The molecule has 1 fully saturated rings. The number of hydrogen-bond acceptors (Lipinski definition) is 4.